The number of carbonyl (C=O) groups excluding carboxylic acids is 2. The maximum Gasteiger partial charge on any atom is 0.244 e. The topological polar surface area (TPSA) is 49.4 Å². The Morgan fingerprint density at radius 3 is 2.00 bits per heavy atom. The van der Waals surface area contributed by atoms with Gasteiger partial charge in [-0.1, -0.05) is 58.0 Å². The van der Waals surface area contributed by atoms with E-state index in [1.807, 2.05) is 18.2 Å². The van der Waals surface area contributed by atoms with Crippen molar-refractivity contribution in [3.63, 3.8) is 0 Å². The van der Waals surface area contributed by atoms with Crippen molar-refractivity contribution in [2.45, 2.75) is 46.5 Å². The number of nitrogens with one attached hydrogen (secondary N) is 1. The van der Waals surface area contributed by atoms with Gasteiger partial charge in [-0.05, 0) is 35.1 Å². The van der Waals surface area contributed by atoms with Crippen molar-refractivity contribution < 1.29 is 14.0 Å². The van der Waals surface area contributed by atoms with Gasteiger partial charge in [-0.25, -0.2) is 4.39 Å². The normalized spacial score (nSPS) is 11.0. The molecule has 0 aliphatic carbocycles. The predicted molar refractivity (Wildman–Crippen MR) is 108 cm³/mol. The second-order valence-corrected chi connectivity index (χ2v) is 7.23. The number of nitrogens with zero attached hydrogens (tertiary/aromatic N) is 1. The summed E-state index contributed by atoms with van der Waals surface area (Å²) in [6.45, 7) is 9.49. The minimum absolute atomic E-state index is 0.104. The van der Waals surface area contributed by atoms with Gasteiger partial charge in [-0.3, -0.25) is 9.59 Å². The van der Waals surface area contributed by atoms with Crippen molar-refractivity contribution in [3.8, 4) is 0 Å². The highest BCUT2D eigenvalue weighted by molar-refractivity contribution is 6.02. The lowest BCUT2D eigenvalue weighted by atomic mass is 9.91. The third-order valence-corrected chi connectivity index (χ3v) is 4.44. The number of carbonyl (C=O) groups is 2. The van der Waals surface area contributed by atoms with E-state index in [9.17, 15) is 14.0 Å². The van der Waals surface area contributed by atoms with E-state index in [0.29, 0.717) is 0 Å². The van der Waals surface area contributed by atoms with Crippen molar-refractivity contribution >= 4 is 23.2 Å². The fourth-order valence-corrected chi connectivity index (χ4v) is 3.07. The van der Waals surface area contributed by atoms with Gasteiger partial charge in [0.15, 0.2) is 0 Å². The largest absolute Gasteiger partial charge is 0.322 e. The number of hydrogen-bond donors (Lipinski definition) is 1. The van der Waals surface area contributed by atoms with E-state index in [-0.39, 0.29) is 30.0 Å². The highest BCUT2D eigenvalue weighted by Gasteiger charge is 2.24. The van der Waals surface area contributed by atoms with Crippen LogP contribution in [0.25, 0.3) is 0 Å². The van der Waals surface area contributed by atoms with Crippen LogP contribution in [0.1, 0.15) is 57.6 Å². The first-order chi connectivity index (χ1) is 12.7. The van der Waals surface area contributed by atoms with Gasteiger partial charge in [-0.15, -0.1) is 0 Å². The Morgan fingerprint density at radius 2 is 1.52 bits per heavy atom. The quantitative estimate of drug-likeness (QED) is 0.772. The lowest BCUT2D eigenvalue weighted by Gasteiger charge is -2.29. The lowest BCUT2D eigenvalue weighted by Crippen LogP contribution is -2.38. The van der Waals surface area contributed by atoms with Crippen LogP contribution < -0.4 is 10.2 Å². The van der Waals surface area contributed by atoms with E-state index in [0.717, 1.165) is 16.8 Å². The third kappa shape index (κ3) is 4.94. The molecule has 1 N–H and O–H groups in total. The molecule has 0 aliphatic rings. The number of para-hydroxylation sites is 2. The first-order valence-electron chi connectivity index (χ1n) is 9.17. The fraction of sp³-hybridized carbons (Fsp3) is 0.364. The summed E-state index contributed by atoms with van der Waals surface area (Å²) in [4.78, 5) is 26.5. The maximum atomic E-state index is 13.8. The molecular formula is C22H27FN2O2. The molecule has 5 heteroatoms. The van der Waals surface area contributed by atoms with E-state index in [1.54, 1.807) is 12.1 Å². The molecule has 0 fully saturated rings. The van der Waals surface area contributed by atoms with E-state index < -0.39 is 11.7 Å². The van der Waals surface area contributed by atoms with Gasteiger partial charge >= 0.3 is 0 Å². The Morgan fingerprint density at radius 1 is 0.963 bits per heavy atom. The molecule has 2 amide bonds. The summed E-state index contributed by atoms with van der Waals surface area (Å²) in [5, 5.41) is 2.55. The lowest BCUT2D eigenvalue weighted by molar-refractivity contribution is -0.120. The Kier molecular flexibility index (Phi) is 6.72. The summed E-state index contributed by atoms with van der Waals surface area (Å²) in [5.74, 6) is -0.798. The van der Waals surface area contributed by atoms with Gasteiger partial charge in [0.05, 0.1) is 11.4 Å². The average molecular weight is 370 g/mol. The summed E-state index contributed by atoms with van der Waals surface area (Å²) in [5.41, 5.74) is 2.90. The van der Waals surface area contributed by atoms with E-state index >= 15 is 0 Å². The van der Waals surface area contributed by atoms with E-state index in [2.05, 4.69) is 33.0 Å². The summed E-state index contributed by atoms with van der Waals surface area (Å²) in [6, 6.07) is 11.9. The summed E-state index contributed by atoms with van der Waals surface area (Å²) in [6.07, 6.45) is 0. The van der Waals surface area contributed by atoms with Crippen LogP contribution in [-0.4, -0.2) is 18.4 Å². The average Bonchev–Trinajstić information content (AvgIpc) is 2.60. The predicted octanol–water partition coefficient (Wildman–Crippen LogP) is 5.06. The van der Waals surface area contributed by atoms with Crippen LogP contribution in [0.3, 0.4) is 0 Å². The molecule has 0 heterocycles. The van der Waals surface area contributed by atoms with Gasteiger partial charge in [0, 0.05) is 6.92 Å². The van der Waals surface area contributed by atoms with Crippen molar-refractivity contribution in [1.29, 1.82) is 0 Å². The van der Waals surface area contributed by atoms with Crippen LogP contribution in [0.5, 0.6) is 0 Å². The van der Waals surface area contributed by atoms with Crippen molar-refractivity contribution in [3.05, 3.63) is 59.4 Å². The van der Waals surface area contributed by atoms with E-state index in [1.165, 1.54) is 24.0 Å². The van der Waals surface area contributed by atoms with Gasteiger partial charge in [0.25, 0.3) is 0 Å². The molecule has 4 nitrogen and oxygen atoms in total. The molecule has 0 unspecified atom stereocenters. The monoisotopic (exact) mass is 370 g/mol. The molecule has 27 heavy (non-hydrogen) atoms. The second-order valence-electron chi connectivity index (χ2n) is 7.23. The molecule has 0 atom stereocenters. The minimum atomic E-state index is -0.509. The molecule has 0 aliphatic heterocycles. The third-order valence-electron chi connectivity index (χ3n) is 4.44. The summed E-state index contributed by atoms with van der Waals surface area (Å²) < 4.78 is 13.8. The minimum Gasteiger partial charge on any atom is -0.322 e. The molecule has 0 radical (unpaired) electrons. The number of hydrogen-bond acceptors (Lipinski definition) is 2. The van der Waals surface area contributed by atoms with Crippen molar-refractivity contribution in [2.24, 2.45) is 0 Å². The van der Waals surface area contributed by atoms with Crippen LogP contribution in [0.4, 0.5) is 15.8 Å². The van der Waals surface area contributed by atoms with Gasteiger partial charge in [-0.2, -0.15) is 0 Å². The summed E-state index contributed by atoms with van der Waals surface area (Å²) >= 11 is 0. The zero-order chi connectivity index (χ0) is 20.1. The van der Waals surface area contributed by atoms with Crippen LogP contribution in [0.2, 0.25) is 0 Å². The maximum absolute atomic E-state index is 13.8. The molecule has 2 rings (SSSR count). The highest BCUT2D eigenvalue weighted by Crippen LogP contribution is 2.35. The molecular weight excluding hydrogens is 343 g/mol. The van der Waals surface area contributed by atoms with Gasteiger partial charge in [0.2, 0.25) is 11.8 Å². The first kappa shape index (κ1) is 20.6. The molecule has 2 aromatic carbocycles. The number of amides is 2. The molecule has 144 valence electrons. The standard InChI is InChI=1S/C22H27FN2O2/c1-14(2)17-9-8-10-18(15(3)4)22(17)25(16(5)26)13-21(27)24-20-12-7-6-11-19(20)23/h6-12,14-15H,13H2,1-5H3,(H,24,27). The van der Waals surface area contributed by atoms with Crippen molar-refractivity contribution in [2.75, 3.05) is 16.8 Å². The number of anilines is 2. The molecule has 0 saturated carbocycles. The van der Waals surface area contributed by atoms with Crippen LogP contribution in [-0.2, 0) is 9.59 Å². The SMILES string of the molecule is CC(=O)N(CC(=O)Nc1ccccc1F)c1c(C(C)C)cccc1C(C)C. The molecule has 0 saturated heterocycles. The fourth-order valence-electron chi connectivity index (χ4n) is 3.07. The molecule has 0 bridgehead atoms. The van der Waals surface area contributed by atoms with Gasteiger partial charge in [0.1, 0.15) is 12.4 Å². The molecule has 0 aromatic heterocycles. The zero-order valence-corrected chi connectivity index (χ0v) is 16.5. The Hall–Kier alpha value is -2.69. The van der Waals surface area contributed by atoms with E-state index in [4.69, 9.17) is 0 Å². The number of rotatable bonds is 6. The zero-order valence-electron chi connectivity index (χ0n) is 16.5. The smallest absolute Gasteiger partial charge is 0.244 e. The Balaban J connectivity index is 2.39. The van der Waals surface area contributed by atoms with Crippen LogP contribution >= 0.6 is 0 Å². The number of benzene rings is 2. The summed E-state index contributed by atoms with van der Waals surface area (Å²) in [7, 11) is 0. The van der Waals surface area contributed by atoms with Crippen molar-refractivity contribution in [1.82, 2.24) is 0 Å². The molecule has 0 spiro atoms. The Labute approximate surface area is 160 Å². The van der Waals surface area contributed by atoms with Gasteiger partial charge < -0.3 is 10.2 Å². The first-order valence-corrected chi connectivity index (χ1v) is 9.17. The Bertz CT molecular complexity index is 805. The van der Waals surface area contributed by atoms with Crippen LogP contribution in [0.15, 0.2) is 42.5 Å². The molecule has 2 aromatic rings. The second kappa shape index (κ2) is 8.80. The van der Waals surface area contributed by atoms with Crippen LogP contribution in [0, 0.1) is 5.82 Å². The number of halogens is 1. The highest BCUT2D eigenvalue weighted by atomic mass is 19.1.